The summed E-state index contributed by atoms with van der Waals surface area (Å²) in [6.07, 6.45) is 1.26. The summed E-state index contributed by atoms with van der Waals surface area (Å²) < 4.78 is 17.9. The van der Waals surface area contributed by atoms with Crippen LogP contribution in [0.15, 0.2) is 18.2 Å². The zero-order chi connectivity index (χ0) is 12.4. The molecule has 0 radical (unpaired) electrons. The van der Waals surface area contributed by atoms with Crippen molar-refractivity contribution < 1.29 is 13.9 Å². The molecule has 0 amide bonds. The number of rotatable bonds is 2. The molecule has 1 aromatic carbocycles. The van der Waals surface area contributed by atoms with E-state index in [-0.39, 0.29) is 17.7 Å². The number of anilines is 1. The Kier molecular flexibility index (Phi) is 3.31. The normalized spacial score (nSPS) is 18.8. The maximum Gasteiger partial charge on any atom is 0.306 e. The maximum atomic E-state index is 13.2. The molecule has 0 aromatic heterocycles. The fourth-order valence-corrected chi connectivity index (χ4v) is 2.31. The summed E-state index contributed by atoms with van der Waals surface area (Å²) >= 11 is 0. The lowest BCUT2D eigenvalue weighted by molar-refractivity contribution is -0.141. The summed E-state index contributed by atoms with van der Waals surface area (Å²) in [5.41, 5.74) is 1.91. The number of fused-ring (bicyclic) bond motifs is 1. The topological polar surface area (TPSA) is 29.5 Å². The van der Waals surface area contributed by atoms with Gasteiger partial charge < -0.3 is 9.64 Å². The summed E-state index contributed by atoms with van der Waals surface area (Å²) in [5, 5.41) is 0. The number of carbonyl (C=O) groups is 1. The van der Waals surface area contributed by atoms with Crippen molar-refractivity contribution in [1.29, 1.82) is 0 Å². The second kappa shape index (κ2) is 4.73. The van der Waals surface area contributed by atoms with Gasteiger partial charge in [0, 0.05) is 19.3 Å². The van der Waals surface area contributed by atoms with E-state index < -0.39 is 0 Å². The van der Waals surface area contributed by atoms with Crippen LogP contribution in [0.3, 0.4) is 0 Å². The van der Waals surface area contributed by atoms with Crippen LogP contribution in [0.5, 0.6) is 0 Å². The highest BCUT2D eigenvalue weighted by Crippen LogP contribution is 2.36. The molecule has 0 fully saturated rings. The van der Waals surface area contributed by atoms with E-state index >= 15 is 0 Å². The minimum atomic E-state index is -0.241. The molecule has 1 unspecified atom stereocenters. The first-order chi connectivity index (χ1) is 8.11. The Labute approximate surface area is 100 Å². The van der Waals surface area contributed by atoms with Gasteiger partial charge in [0.05, 0.1) is 13.5 Å². The molecule has 1 atom stereocenters. The number of hydrogen-bond donors (Lipinski definition) is 0. The first kappa shape index (κ1) is 11.9. The molecule has 2 rings (SSSR count). The monoisotopic (exact) mass is 237 g/mol. The molecule has 0 saturated carbocycles. The number of methoxy groups -OCH3 is 1. The lowest BCUT2D eigenvalue weighted by atomic mass is 9.87. The van der Waals surface area contributed by atoms with E-state index in [0.717, 1.165) is 24.2 Å². The van der Waals surface area contributed by atoms with Crippen molar-refractivity contribution in [2.45, 2.75) is 18.8 Å². The quantitative estimate of drug-likeness (QED) is 0.739. The molecule has 4 heteroatoms. The molecule has 0 spiro atoms. The molecule has 1 aliphatic rings. The Morgan fingerprint density at radius 3 is 3.06 bits per heavy atom. The Morgan fingerprint density at radius 2 is 2.35 bits per heavy atom. The Morgan fingerprint density at radius 1 is 1.59 bits per heavy atom. The smallest absolute Gasteiger partial charge is 0.306 e. The number of ether oxygens (including phenoxy) is 1. The SMILES string of the molecule is COC(=O)CC1CCN(C)c2cc(F)ccc21. The zero-order valence-corrected chi connectivity index (χ0v) is 10.1. The van der Waals surface area contributed by atoms with Crippen LogP contribution in [0.1, 0.15) is 24.3 Å². The second-order valence-electron chi connectivity index (χ2n) is 4.39. The summed E-state index contributed by atoms with van der Waals surface area (Å²) in [7, 11) is 3.33. The van der Waals surface area contributed by atoms with Gasteiger partial charge in [-0.25, -0.2) is 4.39 Å². The summed E-state index contributed by atoms with van der Waals surface area (Å²) in [4.78, 5) is 13.3. The van der Waals surface area contributed by atoms with Gasteiger partial charge in [0.1, 0.15) is 5.82 Å². The molecule has 1 aromatic rings. The van der Waals surface area contributed by atoms with E-state index in [2.05, 4.69) is 0 Å². The van der Waals surface area contributed by atoms with Crippen LogP contribution in [-0.4, -0.2) is 26.7 Å². The fraction of sp³-hybridized carbons (Fsp3) is 0.462. The second-order valence-corrected chi connectivity index (χ2v) is 4.39. The van der Waals surface area contributed by atoms with E-state index in [1.54, 1.807) is 6.07 Å². The van der Waals surface area contributed by atoms with E-state index in [1.165, 1.54) is 19.2 Å². The average Bonchev–Trinajstić information content (AvgIpc) is 2.33. The molecule has 0 saturated heterocycles. The zero-order valence-electron chi connectivity index (χ0n) is 10.1. The highest BCUT2D eigenvalue weighted by Gasteiger charge is 2.25. The van der Waals surface area contributed by atoms with E-state index in [1.807, 2.05) is 11.9 Å². The van der Waals surface area contributed by atoms with Crippen molar-refractivity contribution in [3.05, 3.63) is 29.6 Å². The summed E-state index contributed by atoms with van der Waals surface area (Å²) in [5.74, 6) is -0.321. The molecule has 92 valence electrons. The minimum Gasteiger partial charge on any atom is -0.469 e. The highest BCUT2D eigenvalue weighted by molar-refractivity contribution is 5.71. The van der Waals surface area contributed by atoms with Crippen LogP contribution in [0, 0.1) is 5.82 Å². The largest absolute Gasteiger partial charge is 0.469 e. The lowest BCUT2D eigenvalue weighted by Gasteiger charge is -2.32. The molecule has 0 bridgehead atoms. The van der Waals surface area contributed by atoms with E-state index in [4.69, 9.17) is 4.74 Å². The van der Waals surface area contributed by atoms with E-state index in [9.17, 15) is 9.18 Å². The van der Waals surface area contributed by atoms with Gasteiger partial charge in [-0.1, -0.05) is 6.07 Å². The van der Waals surface area contributed by atoms with Crippen LogP contribution in [0.2, 0.25) is 0 Å². The van der Waals surface area contributed by atoms with Gasteiger partial charge in [-0.15, -0.1) is 0 Å². The van der Waals surface area contributed by atoms with Gasteiger partial charge in [-0.3, -0.25) is 4.79 Å². The number of esters is 1. The number of benzene rings is 1. The third kappa shape index (κ3) is 2.40. The van der Waals surface area contributed by atoms with Gasteiger partial charge in [0.15, 0.2) is 0 Å². The summed E-state index contributed by atoms with van der Waals surface area (Å²) in [6, 6.07) is 4.75. The fourth-order valence-electron chi connectivity index (χ4n) is 2.31. The predicted molar refractivity (Wildman–Crippen MR) is 63.7 cm³/mol. The molecule has 3 nitrogen and oxygen atoms in total. The van der Waals surface area contributed by atoms with Crippen LogP contribution < -0.4 is 4.90 Å². The maximum absolute atomic E-state index is 13.2. The van der Waals surface area contributed by atoms with Crippen LogP contribution >= 0.6 is 0 Å². The van der Waals surface area contributed by atoms with Crippen molar-refractivity contribution in [2.75, 3.05) is 25.6 Å². The third-order valence-electron chi connectivity index (χ3n) is 3.30. The minimum absolute atomic E-state index is 0.134. The van der Waals surface area contributed by atoms with Crippen molar-refractivity contribution in [3.63, 3.8) is 0 Å². The van der Waals surface area contributed by atoms with Gasteiger partial charge >= 0.3 is 5.97 Å². The molecule has 1 heterocycles. The number of carbonyl (C=O) groups excluding carboxylic acids is 1. The van der Waals surface area contributed by atoms with Crippen LogP contribution in [-0.2, 0) is 9.53 Å². The average molecular weight is 237 g/mol. The Hall–Kier alpha value is -1.58. The van der Waals surface area contributed by atoms with Crippen LogP contribution in [0.25, 0.3) is 0 Å². The first-order valence-corrected chi connectivity index (χ1v) is 5.69. The van der Waals surface area contributed by atoms with E-state index in [0.29, 0.717) is 6.42 Å². The van der Waals surface area contributed by atoms with Gasteiger partial charge in [0.25, 0.3) is 0 Å². The number of halogens is 1. The Bertz CT molecular complexity index is 433. The Balaban J connectivity index is 2.29. The number of hydrogen-bond acceptors (Lipinski definition) is 3. The third-order valence-corrected chi connectivity index (χ3v) is 3.30. The van der Waals surface area contributed by atoms with Crippen molar-refractivity contribution in [3.8, 4) is 0 Å². The highest BCUT2D eigenvalue weighted by atomic mass is 19.1. The van der Waals surface area contributed by atoms with Crippen molar-refractivity contribution >= 4 is 11.7 Å². The standard InChI is InChI=1S/C13H16FNO2/c1-15-6-5-9(7-13(16)17-2)11-4-3-10(14)8-12(11)15/h3-4,8-9H,5-7H2,1-2H3. The molecule has 1 aliphatic heterocycles. The lowest BCUT2D eigenvalue weighted by Crippen LogP contribution is -2.28. The molecule has 0 aliphatic carbocycles. The predicted octanol–water partition coefficient (Wildman–Crippen LogP) is 2.31. The molecular formula is C13H16FNO2. The van der Waals surface area contributed by atoms with Crippen molar-refractivity contribution in [1.82, 2.24) is 0 Å². The van der Waals surface area contributed by atoms with Crippen LogP contribution in [0.4, 0.5) is 10.1 Å². The number of nitrogens with zero attached hydrogens (tertiary/aromatic N) is 1. The van der Waals surface area contributed by atoms with Gasteiger partial charge in [0.2, 0.25) is 0 Å². The first-order valence-electron chi connectivity index (χ1n) is 5.69. The summed E-state index contributed by atoms with van der Waals surface area (Å²) in [6.45, 7) is 0.831. The van der Waals surface area contributed by atoms with Gasteiger partial charge in [-0.2, -0.15) is 0 Å². The van der Waals surface area contributed by atoms with Gasteiger partial charge in [-0.05, 0) is 30.0 Å². The molecular weight excluding hydrogens is 221 g/mol. The molecule has 0 N–H and O–H groups in total. The van der Waals surface area contributed by atoms with Crippen molar-refractivity contribution in [2.24, 2.45) is 0 Å². The molecule has 17 heavy (non-hydrogen) atoms.